The Balaban J connectivity index is 1.92. The van der Waals surface area contributed by atoms with Crippen LogP contribution >= 0.6 is 0 Å². The molecule has 6 rings (SSSR count). The maximum Gasteiger partial charge on any atom is 0.0322 e. The van der Waals surface area contributed by atoms with E-state index in [4.69, 9.17) is 0 Å². The topological polar surface area (TPSA) is 0 Å². The molecule has 114 valence electrons. The van der Waals surface area contributed by atoms with E-state index in [1.807, 2.05) is 0 Å². The van der Waals surface area contributed by atoms with E-state index in [2.05, 4.69) is 86.6 Å². The summed E-state index contributed by atoms with van der Waals surface area (Å²) in [5, 5.41) is 5.67. The quantitative estimate of drug-likeness (QED) is 0.377. The number of benzene rings is 4. The van der Waals surface area contributed by atoms with Crippen LogP contribution < -0.4 is 0 Å². The van der Waals surface area contributed by atoms with Crippen LogP contribution in [0.2, 0.25) is 0 Å². The highest BCUT2D eigenvalue weighted by molar-refractivity contribution is 6.03. The monoisotopic (exact) mass is 306 g/mol. The number of fused-ring (bicyclic) bond motifs is 5. The summed E-state index contributed by atoms with van der Waals surface area (Å²) < 4.78 is 0. The maximum absolute atomic E-state index is 2.45. The Labute approximate surface area is 141 Å². The van der Waals surface area contributed by atoms with Crippen molar-refractivity contribution < 1.29 is 0 Å². The SMILES string of the molecule is CC12c3cccc4cccc(c34)C1(C)c1cccc3cccc2c13. The predicted molar refractivity (Wildman–Crippen MR) is 101 cm³/mol. The van der Waals surface area contributed by atoms with Gasteiger partial charge in [-0.2, -0.15) is 0 Å². The normalized spacial score (nSPS) is 26.2. The van der Waals surface area contributed by atoms with E-state index in [0.29, 0.717) is 0 Å². The molecule has 2 aliphatic rings. The smallest absolute Gasteiger partial charge is 0.0322 e. The van der Waals surface area contributed by atoms with Crippen LogP contribution in [0.15, 0.2) is 72.8 Å². The Bertz CT molecular complexity index is 1010. The van der Waals surface area contributed by atoms with Crippen LogP contribution in [-0.2, 0) is 10.8 Å². The van der Waals surface area contributed by atoms with Crippen LogP contribution in [-0.4, -0.2) is 0 Å². The van der Waals surface area contributed by atoms with E-state index in [9.17, 15) is 0 Å². The first-order chi connectivity index (χ1) is 11.7. The highest BCUT2D eigenvalue weighted by Gasteiger charge is 2.59. The van der Waals surface area contributed by atoms with Gasteiger partial charge < -0.3 is 0 Å². The van der Waals surface area contributed by atoms with E-state index in [0.717, 1.165) is 0 Å². The molecule has 0 radical (unpaired) electrons. The highest BCUT2D eigenvalue weighted by atomic mass is 14.6. The fourth-order valence-electron chi connectivity index (χ4n) is 5.72. The molecule has 0 nitrogen and oxygen atoms in total. The lowest BCUT2D eigenvalue weighted by molar-refractivity contribution is 0.403. The molecule has 0 saturated heterocycles. The van der Waals surface area contributed by atoms with E-state index in [-0.39, 0.29) is 10.8 Å². The molecule has 0 bridgehead atoms. The van der Waals surface area contributed by atoms with Gasteiger partial charge in [0.15, 0.2) is 0 Å². The van der Waals surface area contributed by atoms with Crippen LogP contribution in [0.1, 0.15) is 36.1 Å². The molecule has 0 heterocycles. The second-order valence-electron chi connectivity index (χ2n) is 7.67. The Morgan fingerprint density at radius 2 is 0.750 bits per heavy atom. The van der Waals surface area contributed by atoms with Gasteiger partial charge >= 0.3 is 0 Å². The van der Waals surface area contributed by atoms with Gasteiger partial charge in [0.1, 0.15) is 0 Å². The fourth-order valence-corrected chi connectivity index (χ4v) is 5.72. The Morgan fingerprint density at radius 3 is 1.04 bits per heavy atom. The van der Waals surface area contributed by atoms with Crippen molar-refractivity contribution in [2.24, 2.45) is 0 Å². The molecule has 0 atom stereocenters. The third-order valence-corrected chi connectivity index (χ3v) is 6.96. The van der Waals surface area contributed by atoms with Crippen molar-refractivity contribution in [1.29, 1.82) is 0 Å². The Morgan fingerprint density at radius 1 is 0.458 bits per heavy atom. The molecule has 4 aromatic rings. The molecule has 0 heteroatoms. The van der Waals surface area contributed by atoms with Crippen molar-refractivity contribution >= 4 is 21.5 Å². The van der Waals surface area contributed by atoms with Gasteiger partial charge in [-0.05, 0) is 43.8 Å². The van der Waals surface area contributed by atoms with Gasteiger partial charge in [0.2, 0.25) is 0 Å². The molecule has 0 amide bonds. The number of rotatable bonds is 0. The Kier molecular flexibility index (Phi) is 1.98. The highest BCUT2D eigenvalue weighted by Crippen LogP contribution is 2.66. The van der Waals surface area contributed by atoms with E-state index in [1.165, 1.54) is 43.8 Å². The van der Waals surface area contributed by atoms with Crippen molar-refractivity contribution in [3.8, 4) is 0 Å². The lowest BCUT2D eigenvalue weighted by atomic mass is 9.63. The van der Waals surface area contributed by atoms with Crippen molar-refractivity contribution in [1.82, 2.24) is 0 Å². The van der Waals surface area contributed by atoms with Crippen molar-refractivity contribution in [2.45, 2.75) is 24.7 Å². The minimum atomic E-state index is -0.000602. The van der Waals surface area contributed by atoms with E-state index >= 15 is 0 Å². The molecule has 2 aliphatic carbocycles. The van der Waals surface area contributed by atoms with Crippen molar-refractivity contribution in [2.75, 3.05) is 0 Å². The summed E-state index contributed by atoms with van der Waals surface area (Å²) >= 11 is 0. The van der Waals surface area contributed by atoms with Crippen LogP contribution in [0.4, 0.5) is 0 Å². The van der Waals surface area contributed by atoms with Gasteiger partial charge in [0.05, 0.1) is 0 Å². The van der Waals surface area contributed by atoms with Crippen molar-refractivity contribution in [3.05, 3.63) is 95.1 Å². The average Bonchev–Trinajstić information content (AvgIpc) is 2.95. The number of hydrogen-bond donors (Lipinski definition) is 0. The predicted octanol–water partition coefficient (Wildman–Crippen LogP) is 5.93. The van der Waals surface area contributed by atoms with Crippen LogP contribution in [0.5, 0.6) is 0 Å². The zero-order valence-electron chi connectivity index (χ0n) is 13.9. The first-order valence-electron chi connectivity index (χ1n) is 8.73. The second-order valence-corrected chi connectivity index (χ2v) is 7.67. The molecule has 0 N–H and O–H groups in total. The van der Waals surface area contributed by atoms with Crippen LogP contribution in [0.3, 0.4) is 0 Å². The van der Waals surface area contributed by atoms with E-state index in [1.54, 1.807) is 0 Å². The first-order valence-corrected chi connectivity index (χ1v) is 8.73. The molecule has 0 fully saturated rings. The molecule has 0 aromatic heterocycles. The largest absolute Gasteiger partial charge is 0.0613 e. The first kappa shape index (κ1) is 12.8. The van der Waals surface area contributed by atoms with Crippen LogP contribution in [0.25, 0.3) is 21.5 Å². The lowest BCUT2D eigenvalue weighted by Crippen LogP contribution is -2.39. The third-order valence-electron chi connectivity index (χ3n) is 6.96. The molecule has 0 aliphatic heterocycles. The van der Waals surface area contributed by atoms with Crippen molar-refractivity contribution in [3.63, 3.8) is 0 Å². The molecule has 0 saturated carbocycles. The minimum Gasteiger partial charge on any atom is -0.0613 e. The summed E-state index contributed by atoms with van der Waals surface area (Å²) in [5.41, 5.74) is 5.95. The summed E-state index contributed by atoms with van der Waals surface area (Å²) in [4.78, 5) is 0. The standard InChI is InChI=1S/C24H18/c1-23-17-11-3-7-15-9-5-13-19(21(15)17)24(23,2)20-14-6-10-16-8-4-12-18(23)22(16)20/h3-14H,1-2H3. The Hall–Kier alpha value is -2.60. The van der Waals surface area contributed by atoms with Gasteiger partial charge in [-0.15, -0.1) is 0 Å². The van der Waals surface area contributed by atoms with Gasteiger partial charge in [0.25, 0.3) is 0 Å². The summed E-state index contributed by atoms with van der Waals surface area (Å²) in [6, 6.07) is 27.3. The zero-order valence-corrected chi connectivity index (χ0v) is 13.9. The summed E-state index contributed by atoms with van der Waals surface area (Å²) in [6.07, 6.45) is 0. The van der Waals surface area contributed by atoms with E-state index < -0.39 is 0 Å². The fraction of sp³-hybridized carbons (Fsp3) is 0.167. The molecule has 0 spiro atoms. The van der Waals surface area contributed by atoms with Gasteiger partial charge in [-0.1, -0.05) is 86.6 Å². The summed E-state index contributed by atoms with van der Waals surface area (Å²) in [6.45, 7) is 4.91. The molecule has 24 heavy (non-hydrogen) atoms. The van der Waals surface area contributed by atoms with Crippen LogP contribution in [0, 0.1) is 0 Å². The molecule has 0 unspecified atom stereocenters. The van der Waals surface area contributed by atoms with Gasteiger partial charge in [0, 0.05) is 10.8 Å². The maximum atomic E-state index is 2.45. The molecule has 4 aromatic carbocycles. The molecular weight excluding hydrogens is 288 g/mol. The molecular formula is C24H18. The minimum absolute atomic E-state index is 0.000602. The average molecular weight is 306 g/mol. The lowest BCUT2D eigenvalue weighted by Gasteiger charge is -2.38. The number of hydrogen-bond acceptors (Lipinski definition) is 0. The van der Waals surface area contributed by atoms with Gasteiger partial charge in [-0.3, -0.25) is 0 Å². The summed E-state index contributed by atoms with van der Waals surface area (Å²) in [5.74, 6) is 0. The third kappa shape index (κ3) is 1.07. The second kappa shape index (κ2) is 3.72. The summed E-state index contributed by atoms with van der Waals surface area (Å²) in [7, 11) is 0. The van der Waals surface area contributed by atoms with Gasteiger partial charge in [-0.25, -0.2) is 0 Å². The zero-order chi connectivity index (χ0) is 16.1.